The Balaban J connectivity index is 1.96. The van der Waals surface area contributed by atoms with Gasteiger partial charge in [0.2, 0.25) is 5.88 Å². The van der Waals surface area contributed by atoms with Gasteiger partial charge >= 0.3 is 0 Å². The van der Waals surface area contributed by atoms with E-state index in [1.54, 1.807) is 13.2 Å². The van der Waals surface area contributed by atoms with E-state index in [9.17, 15) is 9.59 Å². The monoisotopic (exact) mass is 277 g/mol. The Bertz CT molecular complexity index is 661. The van der Waals surface area contributed by atoms with Gasteiger partial charge in [0.25, 0.3) is 11.5 Å². The zero-order valence-corrected chi connectivity index (χ0v) is 11.2. The van der Waals surface area contributed by atoms with Crippen LogP contribution < -0.4 is 15.6 Å². The second-order valence-electron chi connectivity index (χ2n) is 4.09. The number of nitrogens with zero attached hydrogens (tertiary/aromatic N) is 4. The predicted molar refractivity (Wildman–Crippen MR) is 70.6 cm³/mol. The molecule has 0 saturated carbocycles. The van der Waals surface area contributed by atoms with E-state index in [1.165, 1.54) is 34.9 Å². The summed E-state index contributed by atoms with van der Waals surface area (Å²) in [5.74, 6) is -0.0320. The molecule has 1 amide bonds. The maximum Gasteiger partial charge on any atom is 0.258 e. The summed E-state index contributed by atoms with van der Waals surface area (Å²) in [5, 5.41) is 6.70. The standard InChI is InChI=1S/C12H15N5O3/c1-16-7-9(12(15-16)20-2)11(19)14-5-6-17-8-13-4-3-10(17)18/h3-4,7-8H,5-6H2,1-2H3,(H,14,19). The van der Waals surface area contributed by atoms with E-state index in [1.807, 2.05) is 0 Å². The number of aromatic nitrogens is 4. The number of rotatable bonds is 5. The van der Waals surface area contributed by atoms with Crippen LogP contribution >= 0.6 is 0 Å². The van der Waals surface area contributed by atoms with E-state index in [0.717, 1.165) is 0 Å². The van der Waals surface area contributed by atoms with Crippen LogP contribution in [0.5, 0.6) is 5.88 Å². The molecule has 0 atom stereocenters. The van der Waals surface area contributed by atoms with Gasteiger partial charge < -0.3 is 10.1 Å². The summed E-state index contributed by atoms with van der Waals surface area (Å²) in [7, 11) is 3.16. The largest absolute Gasteiger partial charge is 0.479 e. The first-order valence-corrected chi connectivity index (χ1v) is 5.98. The second kappa shape index (κ2) is 6.00. The Labute approximate surface area is 115 Å². The molecule has 2 rings (SSSR count). The van der Waals surface area contributed by atoms with Crippen molar-refractivity contribution < 1.29 is 9.53 Å². The molecule has 0 radical (unpaired) electrons. The summed E-state index contributed by atoms with van der Waals surface area (Å²) in [6.07, 6.45) is 4.43. The predicted octanol–water partition coefficient (Wildman–Crippen LogP) is -0.585. The molecule has 2 aromatic heterocycles. The number of hydrogen-bond acceptors (Lipinski definition) is 5. The molecule has 8 heteroatoms. The Morgan fingerprint density at radius 1 is 1.50 bits per heavy atom. The van der Waals surface area contributed by atoms with E-state index in [2.05, 4.69) is 15.4 Å². The van der Waals surface area contributed by atoms with Crippen LogP contribution in [-0.2, 0) is 13.6 Å². The molecule has 8 nitrogen and oxygen atoms in total. The van der Waals surface area contributed by atoms with Gasteiger partial charge in [-0.15, -0.1) is 5.10 Å². The molecule has 0 unspecified atom stereocenters. The summed E-state index contributed by atoms with van der Waals surface area (Å²) in [6, 6.07) is 1.37. The highest BCUT2D eigenvalue weighted by molar-refractivity contribution is 5.96. The highest BCUT2D eigenvalue weighted by Gasteiger charge is 2.15. The van der Waals surface area contributed by atoms with Gasteiger partial charge in [0.1, 0.15) is 5.56 Å². The van der Waals surface area contributed by atoms with Crippen molar-refractivity contribution in [2.45, 2.75) is 6.54 Å². The molecule has 0 bridgehead atoms. The lowest BCUT2D eigenvalue weighted by molar-refractivity contribution is 0.0949. The molecule has 0 aliphatic carbocycles. The summed E-state index contributed by atoms with van der Waals surface area (Å²) >= 11 is 0. The summed E-state index contributed by atoms with van der Waals surface area (Å²) in [4.78, 5) is 27.3. The van der Waals surface area contributed by atoms with E-state index in [4.69, 9.17) is 4.74 Å². The zero-order chi connectivity index (χ0) is 14.5. The van der Waals surface area contributed by atoms with Crippen molar-refractivity contribution in [1.82, 2.24) is 24.6 Å². The van der Waals surface area contributed by atoms with Crippen LogP contribution in [0.1, 0.15) is 10.4 Å². The average molecular weight is 277 g/mol. The number of amides is 1. The highest BCUT2D eigenvalue weighted by atomic mass is 16.5. The molecule has 1 N–H and O–H groups in total. The molecule has 2 aromatic rings. The van der Waals surface area contributed by atoms with Crippen LogP contribution in [0.25, 0.3) is 0 Å². The summed E-state index contributed by atoms with van der Waals surface area (Å²) in [5.41, 5.74) is 0.196. The molecular formula is C12H15N5O3. The molecule has 20 heavy (non-hydrogen) atoms. The number of carbonyl (C=O) groups is 1. The Kier molecular flexibility index (Phi) is 4.14. The van der Waals surface area contributed by atoms with Crippen LogP contribution in [0.3, 0.4) is 0 Å². The van der Waals surface area contributed by atoms with Crippen molar-refractivity contribution in [2.75, 3.05) is 13.7 Å². The van der Waals surface area contributed by atoms with Gasteiger partial charge in [0.05, 0.1) is 13.4 Å². The van der Waals surface area contributed by atoms with Crippen LogP contribution in [0.4, 0.5) is 0 Å². The minimum Gasteiger partial charge on any atom is -0.479 e. The van der Waals surface area contributed by atoms with Gasteiger partial charge in [-0.05, 0) is 0 Å². The SMILES string of the molecule is COc1nn(C)cc1C(=O)NCCn1cnccc1=O. The van der Waals surface area contributed by atoms with Gasteiger partial charge in [-0.2, -0.15) is 0 Å². The fourth-order valence-electron chi connectivity index (χ4n) is 1.71. The van der Waals surface area contributed by atoms with E-state index in [-0.39, 0.29) is 17.3 Å². The first kappa shape index (κ1) is 13.8. The van der Waals surface area contributed by atoms with Gasteiger partial charge in [-0.3, -0.25) is 18.8 Å². The normalized spacial score (nSPS) is 10.3. The highest BCUT2D eigenvalue weighted by Crippen LogP contribution is 2.13. The lowest BCUT2D eigenvalue weighted by Gasteiger charge is -2.06. The van der Waals surface area contributed by atoms with E-state index >= 15 is 0 Å². The fraction of sp³-hybridized carbons (Fsp3) is 0.333. The second-order valence-corrected chi connectivity index (χ2v) is 4.09. The topological polar surface area (TPSA) is 91.0 Å². The number of ether oxygens (including phenoxy) is 1. The number of hydrogen-bond donors (Lipinski definition) is 1. The first-order chi connectivity index (χ1) is 9.61. The molecule has 0 spiro atoms. The van der Waals surface area contributed by atoms with Crippen molar-refractivity contribution in [3.05, 3.63) is 40.7 Å². The maximum atomic E-state index is 12.0. The van der Waals surface area contributed by atoms with Crippen molar-refractivity contribution in [3.63, 3.8) is 0 Å². The summed E-state index contributed by atoms with van der Waals surface area (Å²) in [6.45, 7) is 0.656. The van der Waals surface area contributed by atoms with Crippen molar-refractivity contribution in [3.8, 4) is 5.88 Å². The molecule has 2 heterocycles. The lowest BCUT2D eigenvalue weighted by Crippen LogP contribution is -2.30. The minimum absolute atomic E-state index is 0.159. The van der Waals surface area contributed by atoms with E-state index in [0.29, 0.717) is 18.7 Å². The average Bonchev–Trinajstić information content (AvgIpc) is 2.82. The summed E-state index contributed by atoms with van der Waals surface area (Å²) < 4.78 is 7.93. The van der Waals surface area contributed by atoms with Crippen molar-refractivity contribution in [2.24, 2.45) is 7.05 Å². The van der Waals surface area contributed by atoms with Gasteiger partial charge in [-0.25, -0.2) is 4.98 Å². The smallest absolute Gasteiger partial charge is 0.258 e. The maximum absolute atomic E-state index is 12.0. The third-order valence-electron chi connectivity index (χ3n) is 2.66. The van der Waals surface area contributed by atoms with Gasteiger partial charge in [-0.1, -0.05) is 0 Å². The van der Waals surface area contributed by atoms with Gasteiger partial charge in [0, 0.05) is 38.6 Å². The third kappa shape index (κ3) is 3.02. The van der Waals surface area contributed by atoms with Crippen LogP contribution in [0.2, 0.25) is 0 Å². The number of carbonyl (C=O) groups excluding carboxylic acids is 1. The Hall–Kier alpha value is -2.64. The van der Waals surface area contributed by atoms with Crippen LogP contribution in [0.15, 0.2) is 29.6 Å². The van der Waals surface area contributed by atoms with Crippen molar-refractivity contribution in [1.29, 1.82) is 0 Å². The molecule has 0 saturated heterocycles. The van der Waals surface area contributed by atoms with Crippen LogP contribution in [-0.4, -0.2) is 38.9 Å². The van der Waals surface area contributed by atoms with E-state index < -0.39 is 0 Å². The Morgan fingerprint density at radius 2 is 2.30 bits per heavy atom. The zero-order valence-electron chi connectivity index (χ0n) is 11.2. The van der Waals surface area contributed by atoms with Crippen molar-refractivity contribution >= 4 is 5.91 Å². The number of nitrogens with one attached hydrogen (secondary N) is 1. The molecule has 0 fully saturated rings. The van der Waals surface area contributed by atoms with Gasteiger partial charge in [0.15, 0.2) is 0 Å². The fourth-order valence-corrected chi connectivity index (χ4v) is 1.71. The quantitative estimate of drug-likeness (QED) is 0.789. The number of aryl methyl sites for hydroxylation is 1. The molecule has 0 aliphatic heterocycles. The molecular weight excluding hydrogens is 262 g/mol. The minimum atomic E-state index is -0.299. The Morgan fingerprint density at radius 3 is 3.00 bits per heavy atom. The molecule has 0 aliphatic rings. The molecule has 106 valence electrons. The number of methoxy groups -OCH3 is 1. The lowest BCUT2D eigenvalue weighted by atomic mass is 10.3. The van der Waals surface area contributed by atoms with Crippen LogP contribution in [0, 0.1) is 0 Å². The third-order valence-corrected chi connectivity index (χ3v) is 2.66. The first-order valence-electron chi connectivity index (χ1n) is 5.98. The molecule has 0 aromatic carbocycles.